The minimum Gasteiger partial charge on any atom is -0.456 e. The van der Waals surface area contributed by atoms with Crippen LogP contribution in [0.2, 0.25) is 0 Å². The first-order valence-electron chi connectivity index (χ1n) is 10.7. The molecule has 35 heavy (non-hydrogen) atoms. The molecule has 0 spiro atoms. The highest BCUT2D eigenvalue weighted by Crippen LogP contribution is 2.34. The van der Waals surface area contributed by atoms with Crippen LogP contribution in [-0.4, -0.2) is 40.6 Å². The molecule has 1 aromatic carbocycles. The molecule has 0 fully saturated rings. The summed E-state index contributed by atoms with van der Waals surface area (Å²) in [6.45, 7) is 5.33. The fraction of sp³-hybridized carbons (Fsp3) is 0.333. The number of anilines is 4. The molecule has 11 heteroatoms. The highest BCUT2D eigenvalue weighted by molar-refractivity contribution is 5.91. The molecule has 0 radical (unpaired) electrons. The van der Waals surface area contributed by atoms with Gasteiger partial charge in [0.15, 0.2) is 0 Å². The van der Waals surface area contributed by atoms with E-state index in [0.717, 1.165) is 0 Å². The molecule has 2 heterocycles. The van der Waals surface area contributed by atoms with E-state index in [2.05, 4.69) is 25.6 Å². The summed E-state index contributed by atoms with van der Waals surface area (Å²) in [5.74, 6) is -0.349. The zero-order valence-electron chi connectivity index (χ0n) is 20.1. The van der Waals surface area contributed by atoms with Crippen molar-refractivity contribution in [3.8, 4) is 0 Å². The molecule has 2 N–H and O–H groups in total. The topological polar surface area (TPSA) is 92.3 Å². The second-order valence-corrected chi connectivity index (χ2v) is 8.90. The number of hydrogen-bond acceptors (Lipinski definition) is 8. The molecule has 8 nitrogen and oxygen atoms in total. The van der Waals surface area contributed by atoms with Crippen molar-refractivity contribution in [1.29, 1.82) is 0 Å². The van der Waals surface area contributed by atoms with E-state index in [1.165, 1.54) is 6.07 Å². The van der Waals surface area contributed by atoms with Gasteiger partial charge >= 0.3 is 12.1 Å². The Balaban J connectivity index is 1.86. The second-order valence-electron chi connectivity index (χ2n) is 8.90. The predicted molar refractivity (Wildman–Crippen MR) is 128 cm³/mol. The number of aromatic nitrogens is 3. The van der Waals surface area contributed by atoms with Gasteiger partial charge in [0.2, 0.25) is 5.95 Å². The van der Waals surface area contributed by atoms with Crippen molar-refractivity contribution in [3.05, 3.63) is 65.5 Å². The van der Waals surface area contributed by atoms with Crippen LogP contribution < -0.4 is 15.5 Å². The fourth-order valence-electron chi connectivity index (χ4n) is 3.12. The van der Waals surface area contributed by atoms with Crippen molar-refractivity contribution in [3.63, 3.8) is 0 Å². The Morgan fingerprint density at radius 3 is 2.49 bits per heavy atom. The number of halogens is 3. The lowest BCUT2D eigenvalue weighted by molar-refractivity contribution is -0.137. The zero-order chi connectivity index (χ0) is 25.8. The number of nitrogens with zero attached hydrogens (tertiary/aromatic N) is 4. The molecule has 3 aromatic rings. The van der Waals surface area contributed by atoms with Crippen molar-refractivity contribution < 1.29 is 22.7 Å². The largest absolute Gasteiger partial charge is 0.456 e. The summed E-state index contributed by atoms with van der Waals surface area (Å²) >= 11 is 0. The maximum Gasteiger partial charge on any atom is 0.421 e. The van der Waals surface area contributed by atoms with Crippen molar-refractivity contribution in [1.82, 2.24) is 15.0 Å². The Bertz CT molecular complexity index is 1190. The summed E-state index contributed by atoms with van der Waals surface area (Å²) in [6.07, 6.45) is -2.33. The summed E-state index contributed by atoms with van der Waals surface area (Å²) in [5, 5.41) is 5.61. The predicted octanol–water partition coefficient (Wildman–Crippen LogP) is 5.27. The smallest absolute Gasteiger partial charge is 0.421 e. The van der Waals surface area contributed by atoms with Crippen molar-refractivity contribution in [2.75, 3.05) is 29.6 Å². The van der Waals surface area contributed by atoms with Gasteiger partial charge in [0, 0.05) is 44.3 Å². The molecule has 0 aliphatic rings. The monoisotopic (exact) mass is 488 g/mol. The number of carbonyl (C=O) groups is 1. The number of benzene rings is 1. The number of ether oxygens (including phenoxy) is 1. The lowest BCUT2D eigenvalue weighted by Gasteiger charge is -2.20. The van der Waals surface area contributed by atoms with Gasteiger partial charge in [-0.1, -0.05) is 12.1 Å². The second kappa shape index (κ2) is 10.2. The van der Waals surface area contributed by atoms with Gasteiger partial charge in [-0.15, -0.1) is 0 Å². The van der Waals surface area contributed by atoms with Gasteiger partial charge in [-0.25, -0.2) is 14.8 Å². The van der Waals surface area contributed by atoms with Crippen LogP contribution >= 0.6 is 0 Å². The maximum absolute atomic E-state index is 13.6. The molecular formula is C24H27F3N6O2. The molecular weight excluding hydrogens is 461 g/mol. The third kappa shape index (κ3) is 7.05. The fourth-order valence-corrected chi connectivity index (χ4v) is 3.12. The Hall–Kier alpha value is -3.89. The van der Waals surface area contributed by atoms with Gasteiger partial charge in [0.05, 0.1) is 5.56 Å². The molecule has 0 saturated carbocycles. The average Bonchev–Trinajstić information content (AvgIpc) is 2.76. The van der Waals surface area contributed by atoms with Gasteiger partial charge < -0.3 is 20.3 Å². The Labute approximate surface area is 201 Å². The number of pyridine rings is 1. The van der Waals surface area contributed by atoms with Gasteiger partial charge in [-0.3, -0.25) is 0 Å². The number of carbonyl (C=O) groups excluding carboxylic acids is 1. The Kier molecular flexibility index (Phi) is 7.47. The summed E-state index contributed by atoms with van der Waals surface area (Å²) in [7, 11) is 3.59. The van der Waals surface area contributed by atoms with E-state index in [9.17, 15) is 18.0 Å². The molecule has 0 unspecified atom stereocenters. The van der Waals surface area contributed by atoms with E-state index in [0.29, 0.717) is 23.3 Å². The number of hydrogen-bond donors (Lipinski definition) is 2. The lowest BCUT2D eigenvalue weighted by atomic mass is 10.1. The van der Waals surface area contributed by atoms with Crippen LogP contribution in [0.3, 0.4) is 0 Å². The van der Waals surface area contributed by atoms with Crippen LogP contribution in [0, 0.1) is 0 Å². The molecule has 0 bridgehead atoms. The summed E-state index contributed by atoms with van der Waals surface area (Å²) in [6, 6.07) is 9.83. The third-order valence-corrected chi connectivity index (χ3v) is 4.58. The molecule has 0 atom stereocenters. The average molecular weight is 489 g/mol. The van der Waals surface area contributed by atoms with Gasteiger partial charge in [0.25, 0.3) is 0 Å². The van der Waals surface area contributed by atoms with Crippen LogP contribution in [0.15, 0.2) is 48.8 Å². The first-order chi connectivity index (χ1) is 16.3. The van der Waals surface area contributed by atoms with E-state index in [1.54, 1.807) is 76.3 Å². The zero-order valence-corrected chi connectivity index (χ0v) is 20.1. The van der Waals surface area contributed by atoms with Gasteiger partial charge in [-0.2, -0.15) is 18.2 Å². The molecule has 0 amide bonds. The molecule has 0 aliphatic carbocycles. The SMILES string of the molecule is CN(C)c1ncccc1CNc1nc(Nc2cccc(C(=O)OC(C)(C)C)c2)ncc1C(F)(F)F. The molecule has 0 aliphatic heterocycles. The van der Waals surface area contributed by atoms with Gasteiger partial charge in [-0.05, 0) is 45.0 Å². The van der Waals surface area contributed by atoms with Crippen molar-refractivity contribution in [2.24, 2.45) is 0 Å². The first-order valence-corrected chi connectivity index (χ1v) is 10.7. The number of alkyl halides is 3. The van der Waals surface area contributed by atoms with Crippen molar-refractivity contribution in [2.45, 2.75) is 39.1 Å². The molecule has 2 aromatic heterocycles. The minimum absolute atomic E-state index is 0.0645. The Morgan fingerprint density at radius 2 is 1.83 bits per heavy atom. The summed E-state index contributed by atoms with van der Waals surface area (Å²) in [5.41, 5.74) is -0.271. The normalized spacial score (nSPS) is 11.7. The van der Waals surface area contributed by atoms with E-state index in [4.69, 9.17) is 4.74 Å². The third-order valence-electron chi connectivity index (χ3n) is 4.58. The molecule has 3 rings (SSSR count). The van der Waals surface area contributed by atoms with Crippen LogP contribution in [0.1, 0.15) is 42.3 Å². The minimum atomic E-state index is -4.66. The standard InChI is InChI=1S/C24H27F3N6O2/c1-23(2,3)35-21(34)15-8-6-10-17(12-15)31-22-30-14-18(24(25,26)27)19(32-22)29-13-16-9-7-11-28-20(16)33(4)5/h6-12,14H,13H2,1-5H3,(H2,29,30,31,32). The van der Waals surface area contributed by atoms with E-state index >= 15 is 0 Å². The summed E-state index contributed by atoms with van der Waals surface area (Å²) < 4.78 is 46.2. The van der Waals surface area contributed by atoms with Crippen molar-refractivity contribution >= 4 is 29.2 Å². The number of rotatable bonds is 7. The molecule has 0 saturated heterocycles. The van der Waals surface area contributed by atoms with Crippen LogP contribution in [0.25, 0.3) is 0 Å². The highest BCUT2D eigenvalue weighted by atomic mass is 19.4. The number of nitrogens with one attached hydrogen (secondary N) is 2. The van der Waals surface area contributed by atoms with E-state index in [-0.39, 0.29) is 23.9 Å². The van der Waals surface area contributed by atoms with Crippen LogP contribution in [0.4, 0.5) is 36.4 Å². The quantitative estimate of drug-likeness (QED) is 0.435. The van der Waals surface area contributed by atoms with E-state index in [1.807, 2.05) is 0 Å². The molecule has 186 valence electrons. The maximum atomic E-state index is 13.6. The Morgan fingerprint density at radius 1 is 1.09 bits per heavy atom. The lowest BCUT2D eigenvalue weighted by Crippen LogP contribution is -2.23. The highest BCUT2D eigenvalue weighted by Gasteiger charge is 2.35. The summed E-state index contributed by atoms with van der Waals surface area (Å²) in [4.78, 5) is 26.2. The van der Waals surface area contributed by atoms with Gasteiger partial charge in [0.1, 0.15) is 22.8 Å². The van der Waals surface area contributed by atoms with Crippen LogP contribution in [-0.2, 0) is 17.5 Å². The number of esters is 1. The first kappa shape index (κ1) is 25.7. The van der Waals surface area contributed by atoms with Crippen LogP contribution in [0.5, 0.6) is 0 Å². The van der Waals surface area contributed by atoms with E-state index < -0.39 is 23.3 Å².